The summed E-state index contributed by atoms with van der Waals surface area (Å²) in [6.45, 7) is 6.34. The smallest absolute Gasteiger partial charge is 0.313 e. The predicted molar refractivity (Wildman–Crippen MR) is 108 cm³/mol. The molecule has 0 bridgehead atoms. The van der Waals surface area contributed by atoms with Crippen molar-refractivity contribution in [2.75, 3.05) is 12.1 Å². The van der Waals surface area contributed by atoms with E-state index in [4.69, 9.17) is 9.47 Å². The molecule has 0 aromatic heterocycles. The number of benzene rings is 2. The Morgan fingerprint density at radius 2 is 1.68 bits per heavy atom. The molecule has 1 atom stereocenters. The van der Waals surface area contributed by atoms with Gasteiger partial charge >= 0.3 is 11.8 Å². The Kier molecular flexibility index (Phi) is 6.19. The number of nitrogens with one attached hydrogen (secondary N) is 2. The molecule has 2 amide bonds. The van der Waals surface area contributed by atoms with Crippen LogP contribution in [0.25, 0.3) is 0 Å². The van der Waals surface area contributed by atoms with E-state index in [1.54, 1.807) is 0 Å². The van der Waals surface area contributed by atoms with Gasteiger partial charge in [0.1, 0.15) is 0 Å². The fourth-order valence-corrected chi connectivity index (χ4v) is 2.98. The molecule has 1 unspecified atom stereocenters. The number of carbonyl (C=O) groups is 2. The van der Waals surface area contributed by atoms with Crippen LogP contribution in [0.3, 0.4) is 0 Å². The van der Waals surface area contributed by atoms with Crippen LogP contribution in [0.4, 0.5) is 5.69 Å². The Labute approximate surface area is 165 Å². The molecule has 2 aromatic carbocycles. The zero-order chi connectivity index (χ0) is 20.1. The standard InChI is InChI=1S/C22H26N2O4/c1-14(2)17-7-9-18(10-8-17)24-22(26)21(25)23-15(3)4-5-16-6-11-19-20(12-16)28-13-27-19/h6-12,14-15H,4-5,13H2,1-3H3,(H,23,25)(H,24,26). The SMILES string of the molecule is CC(CCc1ccc2c(c1)OCO2)NC(=O)C(=O)Nc1ccc(C(C)C)cc1. The van der Waals surface area contributed by atoms with Crippen molar-refractivity contribution in [3.05, 3.63) is 53.6 Å². The number of rotatable bonds is 6. The molecule has 0 aliphatic carbocycles. The average molecular weight is 382 g/mol. The van der Waals surface area contributed by atoms with Crippen molar-refractivity contribution in [2.45, 2.75) is 45.6 Å². The van der Waals surface area contributed by atoms with Crippen molar-refractivity contribution in [1.82, 2.24) is 5.32 Å². The van der Waals surface area contributed by atoms with Gasteiger partial charge in [0.15, 0.2) is 11.5 Å². The molecule has 6 heteroatoms. The van der Waals surface area contributed by atoms with Crippen LogP contribution in [0.15, 0.2) is 42.5 Å². The number of aryl methyl sites for hydroxylation is 1. The number of fused-ring (bicyclic) bond motifs is 1. The topological polar surface area (TPSA) is 76.7 Å². The van der Waals surface area contributed by atoms with Gasteiger partial charge in [-0.1, -0.05) is 32.0 Å². The van der Waals surface area contributed by atoms with E-state index < -0.39 is 11.8 Å². The zero-order valence-corrected chi connectivity index (χ0v) is 16.5. The average Bonchev–Trinajstić information content (AvgIpc) is 3.14. The largest absolute Gasteiger partial charge is 0.454 e. The molecule has 1 aliphatic heterocycles. The molecular formula is C22H26N2O4. The summed E-state index contributed by atoms with van der Waals surface area (Å²) in [5, 5.41) is 5.38. The molecule has 0 saturated carbocycles. The molecule has 2 N–H and O–H groups in total. The fourth-order valence-electron chi connectivity index (χ4n) is 2.98. The summed E-state index contributed by atoms with van der Waals surface area (Å²) in [5.41, 5.74) is 2.89. The van der Waals surface area contributed by atoms with Crippen LogP contribution in [-0.2, 0) is 16.0 Å². The Hall–Kier alpha value is -3.02. The lowest BCUT2D eigenvalue weighted by molar-refractivity contribution is -0.136. The van der Waals surface area contributed by atoms with E-state index in [1.807, 2.05) is 49.4 Å². The molecule has 28 heavy (non-hydrogen) atoms. The molecule has 1 aliphatic rings. The van der Waals surface area contributed by atoms with Gasteiger partial charge in [0, 0.05) is 11.7 Å². The third-order valence-corrected chi connectivity index (χ3v) is 4.72. The van der Waals surface area contributed by atoms with Crippen LogP contribution in [0, 0.1) is 0 Å². The highest BCUT2D eigenvalue weighted by Gasteiger charge is 2.17. The number of hydrogen-bond donors (Lipinski definition) is 2. The first-order valence-electron chi connectivity index (χ1n) is 9.52. The predicted octanol–water partition coefficient (Wildman–Crippen LogP) is 3.61. The highest BCUT2D eigenvalue weighted by molar-refractivity contribution is 6.39. The summed E-state index contributed by atoms with van der Waals surface area (Å²) in [7, 11) is 0. The number of hydrogen-bond acceptors (Lipinski definition) is 4. The van der Waals surface area contributed by atoms with Gasteiger partial charge in [-0.05, 0) is 61.1 Å². The minimum atomic E-state index is -0.660. The maximum atomic E-state index is 12.1. The first-order chi connectivity index (χ1) is 13.4. The second-order valence-electron chi connectivity index (χ2n) is 7.33. The molecule has 2 aromatic rings. The molecule has 3 rings (SSSR count). The van der Waals surface area contributed by atoms with Crippen molar-refractivity contribution >= 4 is 17.5 Å². The Morgan fingerprint density at radius 1 is 0.964 bits per heavy atom. The van der Waals surface area contributed by atoms with Gasteiger partial charge in [-0.25, -0.2) is 0 Å². The van der Waals surface area contributed by atoms with Gasteiger partial charge in [-0.3, -0.25) is 9.59 Å². The van der Waals surface area contributed by atoms with Crippen molar-refractivity contribution in [1.29, 1.82) is 0 Å². The van der Waals surface area contributed by atoms with Crippen molar-refractivity contribution in [2.24, 2.45) is 0 Å². The molecule has 6 nitrogen and oxygen atoms in total. The van der Waals surface area contributed by atoms with Gasteiger partial charge in [-0.15, -0.1) is 0 Å². The molecule has 148 valence electrons. The van der Waals surface area contributed by atoms with Crippen LogP contribution in [0.5, 0.6) is 11.5 Å². The van der Waals surface area contributed by atoms with E-state index in [9.17, 15) is 9.59 Å². The Balaban J connectivity index is 1.46. The summed E-state index contributed by atoms with van der Waals surface area (Å²) in [5.74, 6) is 0.622. The molecule has 0 radical (unpaired) electrons. The molecule has 0 saturated heterocycles. The quantitative estimate of drug-likeness (QED) is 0.748. The monoisotopic (exact) mass is 382 g/mol. The van der Waals surface area contributed by atoms with E-state index >= 15 is 0 Å². The van der Waals surface area contributed by atoms with Crippen LogP contribution < -0.4 is 20.1 Å². The molecule has 1 heterocycles. The lowest BCUT2D eigenvalue weighted by Gasteiger charge is -2.14. The van der Waals surface area contributed by atoms with E-state index in [0.717, 1.165) is 23.5 Å². The van der Waals surface area contributed by atoms with Crippen molar-refractivity contribution in [3.8, 4) is 11.5 Å². The van der Waals surface area contributed by atoms with Gasteiger partial charge in [0.2, 0.25) is 6.79 Å². The minimum Gasteiger partial charge on any atom is -0.454 e. The van der Waals surface area contributed by atoms with Gasteiger partial charge in [0.25, 0.3) is 0 Å². The van der Waals surface area contributed by atoms with Crippen LogP contribution in [0.2, 0.25) is 0 Å². The minimum absolute atomic E-state index is 0.132. The highest BCUT2D eigenvalue weighted by atomic mass is 16.7. The van der Waals surface area contributed by atoms with Gasteiger partial charge in [-0.2, -0.15) is 0 Å². The summed E-state index contributed by atoms with van der Waals surface area (Å²) < 4.78 is 10.7. The number of anilines is 1. The Bertz CT molecular complexity index is 846. The van der Waals surface area contributed by atoms with E-state index in [1.165, 1.54) is 5.56 Å². The second kappa shape index (κ2) is 8.78. The third-order valence-electron chi connectivity index (χ3n) is 4.72. The molecule has 0 fully saturated rings. The van der Waals surface area contributed by atoms with E-state index in [0.29, 0.717) is 18.0 Å². The Morgan fingerprint density at radius 3 is 2.39 bits per heavy atom. The first kappa shape index (κ1) is 19.7. The molecular weight excluding hydrogens is 356 g/mol. The number of carbonyl (C=O) groups excluding carboxylic acids is 2. The summed E-state index contributed by atoms with van der Waals surface area (Å²) >= 11 is 0. The van der Waals surface area contributed by atoms with E-state index in [-0.39, 0.29) is 12.8 Å². The zero-order valence-electron chi connectivity index (χ0n) is 16.5. The van der Waals surface area contributed by atoms with Crippen LogP contribution in [-0.4, -0.2) is 24.6 Å². The first-order valence-corrected chi connectivity index (χ1v) is 9.52. The summed E-state index contributed by atoms with van der Waals surface area (Å²) in [6.07, 6.45) is 1.47. The van der Waals surface area contributed by atoms with Crippen molar-refractivity contribution in [3.63, 3.8) is 0 Å². The maximum absolute atomic E-state index is 12.1. The van der Waals surface area contributed by atoms with Crippen molar-refractivity contribution < 1.29 is 19.1 Å². The highest BCUT2D eigenvalue weighted by Crippen LogP contribution is 2.32. The third kappa shape index (κ3) is 5.03. The van der Waals surface area contributed by atoms with Crippen LogP contribution >= 0.6 is 0 Å². The van der Waals surface area contributed by atoms with Gasteiger partial charge in [0.05, 0.1) is 0 Å². The number of ether oxygens (including phenoxy) is 2. The maximum Gasteiger partial charge on any atom is 0.313 e. The van der Waals surface area contributed by atoms with Crippen LogP contribution in [0.1, 0.15) is 44.2 Å². The fraction of sp³-hybridized carbons (Fsp3) is 0.364. The summed E-state index contributed by atoms with van der Waals surface area (Å²) in [4.78, 5) is 24.3. The lowest BCUT2D eigenvalue weighted by atomic mass is 10.0. The number of amides is 2. The van der Waals surface area contributed by atoms with Gasteiger partial charge < -0.3 is 20.1 Å². The lowest BCUT2D eigenvalue weighted by Crippen LogP contribution is -2.40. The molecule has 0 spiro atoms. The van der Waals surface area contributed by atoms with E-state index in [2.05, 4.69) is 24.5 Å². The summed E-state index contributed by atoms with van der Waals surface area (Å²) in [6, 6.07) is 13.2. The normalized spacial score (nSPS) is 13.3. The second-order valence-corrected chi connectivity index (χ2v) is 7.33.